The van der Waals surface area contributed by atoms with Crippen LogP contribution in [0.15, 0.2) is 48.9 Å². The summed E-state index contributed by atoms with van der Waals surface area (Å²) in [6.45, 7) is 5.11. The molecule has 21 heavy (non-hydrogen) atoms. The van der Waals surface area contributed by atoms with Gasteiger partial charge in [-0.3, -0.25) is 4.68 Å². The van der Waals surface area contributed by atoms with Crippen LogP contribution in [0.25, 0.3) is 0 Å². The van der Waals surface area contributed by atoms with E-state index in [-0.39, 0.29) is 5.92 Å². The topological polar surface area (TPSA) is 35.6 Å². The molecule has 0 aliphatic carbocycles. The molecule has 0 saturated carbocycles. The van der Waals surface area contributed by atoms with E-state index in [0.29, 0.717) is 0 Å². The van der Waals surface area contributed by atoms with Gasteiger partial charge in [-0.2, -0.15) is 5.10 Å². The Bertz CT molecular complexity index is 724. The smallest absolute Gasteiger partial charge is 0.116 e. The summed E-state index contributed by atoms with van der Waals surface area (Å²) in [7, 11) is 1.97. The maximum Gasteiger partial charge on any atom is 0.116 e. The van der Waals surface area contributed by atoms with E-state index in [2.05, 4.69) is 52.8 Å². The number of nitrogens with zero attached hydrogens (tertiary/aromatic N) is 4. The van der Waals surface area contributed by atoms with Crippen molar-refractivity contribution in [2.45, 2.75) is 26.3 Å². The Morgan fingerprint density at radius 2 is 1.95 bits per heavy atom. The summed E-state index contributed by atoms with van der Waals surface area (Å²) in [5.74, 6) is 1.36. The molecule has 1 aromatic carbocycles. The minimum Gasteiger partial charge on any atom is -0.330 e. The van der Waals surface area contributed by atoms with Crippen LogP contribution in [0.2, 0.25) is 0 Å². The van der Waals surface area contributed by atoms with Gasteiger partial charge >= 0.3 is 0 Å². The van der Waals surface area contributed by atoms with Gasteiger partial charge in [-0.15, -0.1) is 0 Å². The Hall–Kier alpha value is -2.36. The van der Waals surface area contributed by atoms with Crippen molar-refractivity contribution < 1.29 is 0 Å². The monoisotopic (exact) mass is 280 g/mol. The summed E-state index contributed by atoms with van der Waals surface area (Å²) in [5.41, 5.74) is 3.71. The lowest BCUT2D eigenvalue weighted by Crippen LogP contribution is -2.09. The Morgan fingerprint density at radius 3 is 2.62 bits per heavy atom. The lowest BCUT2D eigenvalue weighted by atomic mass is 10.0. The van der Waals surface area contributed by atoms with Gasteiger partial charge in [0.1, 0.15) is 5.82 Å². The summed E-state index contributed by atoms with van der Waals surface area (Å²) in [4.78, 5) is 4.56. The van der Waals surface area contributed by atoms with Crippen LogP contribution < -0.4 is 0 Å². The van der Waals surface area contributed by atoms with Crippen LogP contribution in [0.1, 0.15) is 35.5 Å². The molecule has 0 amide bonds. The Morgan fingerprint density at radius 1 is 1.19 bits per heavy atom. The van der Waals surface area contributed by atoms with Gasteiger partial charge in [-0.1, -0.05) is 37.3 Å². The number of aromatic nitrogens is 4. The third-order valence-electron chi connectivity index (χ3n) is 4.11. The minimum atomic E-state index is 0.276. The van der Waals surface area contributed by atoms with E-state index in [1.807, 2.05) is 36.4 Å². The predicted octanol–water partition coefficient (Wildman–Crippen LogP) is 3.13. The van der Waals surface area contributed by atoms with Crippen molar-refractivity contribution in [2.75, 3.05) is 0 Å². The van der Waals surface area contributed by atoms with Gasteiger partial charge in [0.2, 0.25) is 0 Å². The lowest BCUT2D eigenvalue weighted by molar-refractivity contribution is 0.683. The van der Waals surface area contributed by atoms with E-state index in [1.165, 1.54) is 16.8 Å². The molecule has 4 nitrogen and oxygen atoms in total. The quantitative estimate of drug-likeness (QED) is 0.736. The predicted molar refractivity (Wildman–Crippen MR) is 83.2 cm³/mol. The first-order chi connectivity index (χ1) is 10.2. The number of benzene rings is 1. The molecule has 2 aromatic heterocycles. The van der Waals surface area contributed by atoms with Gasteiger partial charge in [0.25, 0.3) is 0 Å². The van der Waals surface area contributed by atoms with Crippen LogP contribution in [0.5, 0.6) is 0 Å². The van der Waals surface area contributed by atoms with Crippen LogP contribution in [-0.4, -0.2) is 19.3 Å². The van der Waals surface area contributed by atoms with Crippen molar-refractivity contribution in [1.29, 1.82) is 0 Å². The summed E-state index contributed by atoms with van der Waals surface area (Å²) < 4.78 is 4.12. The molecule has 0 saturated heterocycles. The summed E-state index contributed by atoms with van der Waals surface area (Å²) in [5, 5.41) is 4.31. The number of hydrogen-bond acceptors (Lipinski definition) is 2. The van der Waals surface area contributed by atoms with Gasteiger partial charge < -0.3 is 4.57 Å². The molecule has 0 unspecified atom stereocenters. The Balaban J connectivity index is 1.89. The highest BCUT2D eigenvalue weighted by molar-refractivity contribution is 5.26. The van der Waals surface area contributed by atoms with Crippen molar-refractivity contribution in [3.05, 3.63) is 71.6 Å². The van der Waals surface area contributed by atoms with Gasteiger partial charge in [-0.05, 0) is 12.5 Å². The molecular weight excluding hydrogens is 260 g/mol. The maximum absolute atomic E-state index is 4.56. The standard InChI is InChI=1S/C17H20N4/c1-13(15-7-5-4-6-8-15)17-18-9-10-21(17)12-16-11-19-20(3)14(16)2/h4-11,13H,12H2,1-3H3/t13-/m1/s1. The normalized spacial score (nSPS) is 12.5. The molecule has 0 radical (unpaired) electrons. The minimum absolute atomic E-state index is 0.276. The average molecular weight is 280 g/mol. The first-order valence-electron chi connectivity index (χ1n) is 7.20. The summed E-state index contributed by atoms with van der Waals surface area (Å²) in [6.07, 6.45) is 5.86. The summed E-state index contributed by atoms with van der Waals surface area (Å²) in [6, 6.07) is 10.5. The fraction of sp³-hybridized carbons (Fsp3) is 0.294. The third-order valence-corrected chi connectivity index (χ3v) is 4.11. The van der Waals surface area contributed by atoms with Crippen molar-refractivity contribution in [1.82, 2.24) is 19.3 Å². The molecule has 2 heterocycles. The lowest BCUT2D eigenvalue weighted by Gasteiger charge is -2.14. The molecule has 0 aliphatic rings. The van der Waals surface area contributed by atoms with Crippen molar-refractivity contribution in [2.24, 2.45) is 7.05 Å². The number of imidazole rings is 1. The highest BCUT2D eigenvalue weighted by atomic mass is 15.3. The first kappa shape index (κ1) is 13.6. The number of hydrogen-bond donors (Lipinski definition) is 0. The van der Waals surface area contributed by atoms with E-state index in [4.69, 9.17) is 0 Å². The van der Waals surface area contributed by atoms with Crippen molar-refractivity contribution in [3.63, 3.8) is 0 Å². The van der Waals surface area contributed by atoms with Gasteiger partial charge in [0.15, 0.2) is 0 Å². The zero-order valence-electron chi connectivity index (χ0n) is 12.7. The largest absolute Gasteiger partial charge is 0.330 e. The highest BCUT2D eigenvalue weighted by Crippen LogP contribution is 2.23. The zero-order chi connectivity index (χ0) is 14.8. The van der Waals surface area contributed by atoms with Crippen LogP contribution in [-0.2, 0) is 13.6 Å². The molecular formula is C17H20N4. The fourth-order valence-electron chi connectivity index (χ4n) is 2.61. The van der Waals surface area contributed by atoms with E-state index < -0.39 is 0 Å². The SMILES string of the molecule is Cc1c(Cn2ccnc2[C@H](C)c2ccccc2)cnn1C. The molecule has 0 N–H and O–H groups in total. The molecule has 4 heteroatoms. The Labute approximate surface area is 125 Å². The van der Waals surface area contributed by atoms with E-state index >= 15 is 0 Å². The molecule has 108 valence electrons. The molecule has 0 aliphatic heterocycles. The van der Waals surface area contributed by atoms with Crippen molar-refractivity contribution >= 4 is 0 Å². The number of aryl methyl sites for hydroxylation is 1. The van der Waals surface area contributed by atoms with Crippen LogP contribution >= 0.6 is 0 Å². The third kappa shape index (κ3) is 2.61. The zero-order valence-corrected chi connectivity index (χ0v) is 12.7. The summed E-state index contributed by atoms with van der Waals surface area (Å²) >= 11 is 0. The second-order valence-corrected chi connectivity index (χ2v) is 5.42. The second kappa shape index (κ2) is 5.56. The molecule has 0 bridgehead atoms. The molecule has 1 atom stereocenters. The van der Waals surface area contributed by atoms with E-state index in [0.717, 1.165) is 12.4 Å². The molecule has 0 spiro atoms. The van der Waals surface area contributed by atoms with Gasteiger partial charge in [-0.25, -0.2) is 4.98 Å². The second-order valence-electron chi connectivity index (χ2n) is 5.42. The van der Waals surface area contributed by atoms with E-state index in [1.54, 1.807) is 0 Å². The average Bonchev–Trinajstić information content (AvgIpc) is 3.10. The molecule has 3 aromatic rings. The van der Waals surface area contributed by atoms with E-state index in [9.17, 15) is 0 Å². The van der Waals surface area contributed by atoms with Crippen molar-refractivity contribution in [3.8, 4) is 0 Å². The highest BCUT2D eigenvalue weighted by Gasteiger charge is 2.15. The Kier molecular flexibility index (Phi) is 3.60. The van der Waals surface area contributed by atoms with Gasteiger partial charge in [0.05, 0.1) is 12.7 Å². The molecule has 0 fully saturated rings. The van der Waals surface area contributed by atoms with Gasteiger partial charge in [0, 0.05) is 36.6 Å². The molecule has 3 rings (SSSR count). The van der Waals surface area contributed by atoms with Crippen LogP contribution in [0, 0.1) is 6.92 Å². The number of rotatable bonds is 4. The first-order valence-corrected chi connectivity index (χ1v) is 7.20. The van der Waals surface area contributed by atoms with Crippen LogP contribution in [0.4, 0.5) is 0 Å². The maximum atomic E-state index is 4.56. The fourth-order valence-corrected chi connectivity index (χ4v) is 2.61. The van der Waals surface area contributed by atoms with Crippen LogP contribution in [0.3, 0.4) is 0 Å².